The van der Waals surface area contributed by atoms with E-state index in [0.717, 1.165) is 41.5 Å². The summed E-state index contributed by atoms with van der Waals surface area (Å²) in [6, 6.07) is 7.87. The molecule has 5 nitrogen and oxygen atoms in total. The first-order chi connectivity index (χ1) is 9.69. The number of para-hydroxylation sites is 2. The van der Waals surface area contributed by atoms with E-state index in [0.29, 0.717) is 6.54 Å². The Balaban J connectivity index is 2.36. The molecule has 108 valence electrons. The number of rotatable bonds is 6. The number of anilines is 1. The third kappa shape index (κ3) is 2.77. The molecule has 0 saturated carbocycles. The van der Waals surface area contributed by atoms with Gasteiger partial charge in [0, 0.05) is 6.54 Å². The van der Waals surface area contributed by atoms with Crippen LogP contribution in [0.3, 0.4) is 0 Å². The van der Waals surface area contributed by atoms with Crippen LogP contribution < -0.4 is 15.8 Å². The number of methoxy groups -OCH3 is 1. The molecule has 0 amide bonds. The first-order valence-corrected chi connectivity index (χ1v) is 6.82. The van der Waals surface area contributed by atoms with Crippen LogP contribution in [0.1, 0.15) is 17.8 Å². The van der Waals surface area contributed by atoms with Crippen molar-refractivity contribution < 1.29 is 4.74 Å². The normalized spacial score (nSPS) is 10.6. The monoisotopic (exact) mass is 274 g/mol. The number of ether oxygens (including phenoxy) is 1. The molecule has 0 fully saturated rings. The first kappa shape index (κ1) is 14.4. The zero-order chi connectivity index (χ0) is 14.5. The quantitative estimate of drug-likeness (QED) is 0.793. The summed E-state index contributed by atoms with van der Waals surface area (Å²) in [4.78, 5) is 0. The zero-order valence-electron chi connectivity index (χ0n) is 12.3. The second-order valence-electron chi connectivity index (χ2n) is 4.70. The highest BCUT2D eigenvalue weighted by atomic mass is 16.5. The number of hydrogen-bond acceptors (Lipinski definition) is 4. The Morgan fingerprint density at radius 3 is 2.75 bits per heavy atom. The fourth-order valence-electron chi connectivity index (χ4n) is 2.25. The summed E-state index contributed by atoms with van der Waals surface area (Å²) in [5.74, 6) is 0.812. The van der Waals surface area contributed by atoms with Crippen LogP contribution in [-0.4, -0.2) is 30.0 Å². The van der Waals surface area contributed by atoms with Crippen molar-refractivity contribution in [3.8, 4) is 11.4 Å². The Kier molecular flexibility index (Phi) is 4.63. The molecule has 1 aromatic heterocycles. The minimum Gasteiger partial charge on any atom is -0.494 e. The molecule has 0 unspecified atom stereocenters. The summed E-state index contributed by atoms with van der Waals surface area (Å²) in [5.41, 5.74) is 9.60. The number of aromatic nitrogens is 2. The van der Waals surface area contributed by atoms with E-state index in [2.05, 4.69) is 17.3 Å². The predicted octanol–water partition coefficient (Wildman–Crippen LogP) is 2.26. The smallest absolute Gasteiger partial charge is 0.144 e. The third-order valence-electron chi connectivity index (χ3n) is 3.29. The van der Waals surface area contributed by atoms with Gasteiger partial charge in [0.2, 0.25) is 0 Å². The molecule has 0 spiro atoms. The van der Waals surface area contributed by atoms with Gasteiger partial charge in [-0.15, -0.1) is 0 Å². The van der Waals surface area contributed by atoms with Crippen LogP contribution in [0.15, 0.2) is 24.3 Å². The van der Waals surface area contributed by atoms with Crippen LogP contribution in [-0.2, 0) is 0 Å². The standard InChI is InChI=1S/C15H22N4O/c1-11-15(17-10-6-9-16)12(2)19(18-11)13-7-4-5-8-14(13)20-3/h4-5,7-8,17H,6,9-10,16H2,1-3H3. The highest BCUT2D eigenvalue weighted by Gasteiger charge is 2.14. The van der Waals surface area contributed by atoms with Gasteiger partial charge in [-0.1, -0.05) is 12.1 Å². The fraction of sp³-hybridized carbons (Fsp3) is 0.400. The van der Waals surface area contributed by atoms with E-state index in [1.54, 1.807) is 7.11 Å². The SMILES string of the molecule is COc1ccccc1-n1nc(C)c(NCCCN)c1C. The van der Waals surface area contributed by atoms with E-state index in [-0.39, 0.29) is 0 Å². The van der Waals surface area contributed by atoms with E-state index in [4.69, 9.17) is 10.5 Å². The molecule has 20 heavy (non-hydrogen) atoms. The lowest BCUT2D eigenvalue weighted by atomic mass is 10.2. The summed E-state index contributed by atoms with van der Waals surface area (Å²) in [6.45, 7) is 5.60. The number of benzene rings is 1. The lowest BCUT2D eigenvalue weighted by molar-refractivity contribution is 0.411. The molecule has 0 aliphatic carbocycles. The van der Waals surface area contributed by atoms with Gasteiger partial charge in [-0.3, -0.25) is 0 Å². The summed E-state index contributed by atoms with van der Waals surface area (Å²) in [7, 11) is 1.67. The molecule has 0 bridgehead atoms. The number of nitrogens with one attached hydrogen (secondary N) is 1. The second-order valence-corrected chi connectivity index (χ2v) is 4.70. The second kappa shape index (κ2) is 6.43. The Hall–Kier alpha value is -2.01. The van der Waals surface area contributed by atoms with Crippen molar-refractivity contribution in [2.75, 3.05) is 25.5 Å². The van der Waals surface area contributed by atoms with Gasteiger partial charge in [-0.25, -0.2) is 4.68 Å². The van der Waals surface area contributed by atoms with Gasteiger partial charge in [0.15, 0.2) is 0 Å². The molecule has 3 N–H and O–H groups in total. The van der Waals surface area contributed by atoms with Gasteiger partial charge in [-0.05, 0) is 38.9 Å². The number of nitrogens with two attached hydrogens (primary N) is 1. The minimum absolute atomic E-state index is 0.686. The maximum Gasteiger partial charge on any atom is 0.144 e. The Morgan fingerprint density at radius 2 is 2.05 bits per heavy atom. The maximum absolute atomic E-state index is 5.53. The Labute approximate surface area is 119 Å². The molecule has 0 radical (unpaired) electrons. The van der Waals surface area contributed by atoms with Gasteiger partial charge in [0.1, 0.15) is 11.4 Å². The molecule has 2 rings (SSSR count). The van der Waals surface area contributed by atoms with Crippen molar-refractivity contribution in [2.45, 2.75) is 20.3 Å². The molecule has 0 atom stereocenters. The van der Waals surface area contributed by atoms with Gasteiger partial charge in [0.05, 0.1) is 24.2 Å². The number of nitrogens with zero attached hydrogens (tertiary/aromatic N) is 2. The van der Waals surface area contributed by atoms with Crippen LogP contribution >= 0.6 is 0 Å². The fourth-order valence-corrected chi connectivity index (χ4v) is 2.25. The number of aryl methyl sites for hydroxylation is 1. The topological polar surface area (TPSA) is 65.1 Å². The average molecular weight is 274 g/mol. The van der Waals surface area contributed by atoms with Crippen molar-refractivity contribution in [1.29, 1.82) is 0 Å². The molecule has 0 aliphatic heterocycles. The van der Waals surface area contributed by atoms with Crippen molar-refractivity contribution >= 4 is 5.69 Å². The first-order valence-electron chi connectivity index (χ1n) is 6.82. The summed E-state index contributed by atoms with van der Waals surface area (Å²) in [6.07, 6.45) is 0.943. The van der Waals surface area contributed by atoms with E-state index in [9.17, 15) is 0 Å². The van der Waals surface area contributed by atoms with Crippen LogP contribution in [0.2, 0.25) is 0 Å². The van der Waals surface area contributed by atoms with E-state index < -0.39 is 0 Å². The van der Waals surface area contributed by atoms with Gasteiger partial charge >= 0.3 is 0 Å². The largest absolute Gasteiger partial charge is 0.494 e. The Bertz CT molecular complexity index is 577. The van der Waals surface area contributed by atoms with Crippen LogP contribution in [0.5, 0.6) is 5.75 Å². The van der Waals surface area contributed by atoms with Crippen LogP contribution in [0.25, 0.3) is 5.69 Å². The minimum atomic E-state index is 0.686. The highest BCUT2D eigenvalue weighted by molar-refractivity contribution is 5.57. The number of hydrogen-bond donors (Lipinski definition) is 2. The average Bonchev–Trinajstić information content (AvgIpc) is 2.75. The summed E-state index contributed by atoms with van der Waals surface area (Å²) < 4.78 is 7.32. The van der Waals surface area contributed by atoms with Crippen LogP contribution in [0.4, 0.5) is 5.69 Å². The van der Waals surface area contributed by atoms with Crippen molar-refractivity contribution in [3.63, 3.8) is 0 Å². The predicted molar refractivity (Wildman–Crippen MR) is 81.8 cm³/mol. The third-order valence-corrected chi connectivity index (χ3v) is 3.29. The van der Waals surface area contributed by atoms with Crippen molar-refractivity contribution in [3.05, 3.63) is 35.7 Å². The summed E-state index contributed by atoms with van der Waals surface area (Å²) in [5, 5.41) is 8.02. The Morgan fingerprint density at radius 1 is 1.30 bits per heavy atom. The van der Waals surface area contributed by atoms with Gasteiger partial charge in [-0.2, -0.15) is 5.10 Å². The lowest BCUT2D eigenvalue weighted by Gasteiger charge is -2.10. The molecule has 0 saturated heterocycles. The van der Waals surface area contributed by atoms with E-state index in [1.807, 2.05) is 35.9 Å². The highest BCUT2D eigenvalue weighted by Crippen LogP contribution is 2.27. The maximum atomic E-state index is 5.53. The van der Waals surface area contributed by atoms with Crippen molar-refractivity contribution in [1.82, 2.24) is 9.78 Å². The summed E-state index contributed by atoms with van der Waals surface area (Å²) >= 11 is 0. The molecular weight excluding hydrogens is 252 g/mol. The van der Waals surface area contributed by atoms with Crippen LogP contribution in [0, 0.1) is 13.8 Å². The van der Waals surface area contributed by atoms with Gasteiger partial charge < -0.3 is 15.8 Å². The molecule has 5 heteroatoms. The molecule has 2 aromatic rings. The molecule has 1 aromatic carbocycles. The molecule has 0 aliphatic rings. The van der Waals surface area contributed by atoms with E-state index >= 15 is 0 Å². The van der Waals surface area contributed by atoms with E-state index in [1.165, 1.54) is 0 Å². The molecule has 1 heterocycles. The molecular formula is C15H22N4O. The zero-order valence-corrected chi connectivity index (χ0v) is 12.3. The lowest BCUT2D eigenvalue weighted by Crippen LogP contribution is -2.09. The van der Waals surface area contributed by atoms with Crippen molar-refractivity contribution in [2.24, 2.45) is 5.73 Å². The van der Waals surface area contributed by atoms with Gasteiger partial charge in [0.25, 0.3) is 0 Å².